The fourth-order valence-electron chi connectivity index (χ4n) is 1.56. The molecule has 0 bridgehead atoms. The molecule has 0 atom stereocenters. The molecule has 0 saturated heterocycles. The van der Waals surface area contributed by atoms with Crippen LogP contribution in [-0.4, -0.2) is 14.8 Å². The van der Waals surface area contributed by atoms with Gasteiger partial charge >= 0.3 is 0 Å². The summed E-state index contributed by atoms with van der Waals surface area (Å²) in [7, 11) is 1.91. The normalized spacial score (nSPS) is 9.06. The van der Waals surface area contributed by atoms with Crippen LogP contribution in [0.2, 0.25) is 0 Å². The second-order valence-corrected chi connectivity index (χ2v) is 3.20. The van der Waals surface area contributed by atoms with E-state index in [2.05, 4.69) is 21.9 Å². The van der Waals surface area contributed by atoms with Gasteiger partial charge in [-0.2, -0.15) is 5.10 Å². The molecule has 2 heterocycles. The summed E-state index contributed by atoms with van der Waals surface area (Å²) in [4.78, 5) is 4.14. The van der Waals surface area contributed by atoms with E-state index in [1.54, 1.807) is 0 Å². The summed E-state index contributed by atoms with van der Waals surface area (Å²) in [5.74, 6) is 5.87. The fourth-order valence-corrected chi connectivity index (χ4v) is 1.56. The van der Waals surface area contributed by atoms with Crippen molar-refractivity contribution in [2.24, 2.45) is 7.05 Å². The van der Waals surface area contributed by atoms with Crippen LogP contribution in [0.4, 0.5) is 0 Å². The summed E-state index contributed by atoms with van der Waals surface area (Å²) in [6.07, 6.45) is 3.65. The predicted molar refractivity (Wildman–Crippen MR) is 67.1 cm³/mol. The zero-order valence-corrected chi connectivity index (χ0v) is 10.5. The number of pyridine rings is 1. The predicted octanol–water partition coefficient (Wildman–Crippen LogP) is 2.67. The molecule has 0 N–H and O–H groups in total. The Bertz CT molecular complexity index is 541. The molecular formula is C13H17N3. The topological polar surface area (TPSA) is 30.7 Å². The van der Waals surface area contributed by atoms with Gasteiger partial charge in [0, 0.05) is 18.6 Å². The zero-order chi connectivity index (χ0) is 12.1. The van der Waals surface area contributed by atoms with Gasteiger partial charge < -0.3 is 0 Å². The van der Waals surface area contributed by atoms with Gasteiger partial charge in [-0.1, -0.05) is 19.8 Å². The molecule has 3 nitrogen and oxygen atoms in total. The van der Waals surface area contributed by atoms with E-state index in [-0.39, 0.29) is 0 Å². The summed E-state index contributed by atoms with van der Waals surface area (Å²) in [5, 5.41) is 5.45. The monoisotopic (exact) mass is 215 g/mol. The Hall–Kier alpha value is -1.82. The van der Waals surface area contributed by atoms with Crippen molar-refractivity contribution in [1.82, 2.24) is 14.8 Å². The average molecular weight is 215 g/mol. The zero-order valence-electron chi connectivity index (χ0n) is 10.5. The Morgan fingerprint density at radius 1 is 1.25 bits per heavy atom. The molecule has 84 valence electrons. The molecule has 0 aliphatic carbocycles. The first-order chi connectivity index (χ1) is 7.74. The highest BCUT2D eigenvalue weighted by atomic mass is 15.3. The van der Waals surface area contributed by atoms with Crippen LogP contribution in [0.3, 0.4) is 0 Å². The summed E-state index contributed by atoms with van der Waals surface area (Å²) in [6, 6.07) is 0. The molecule has 2 aromatic rings. The number of fused-ring (bicyclic) bond motifs is 1. The fraction of sp³-hybridized carbons (Fsp3) is 0.385. The van der Waals surface area contributed by atoms with E-state index in [4.69, 9.17) is 0 Å². The highest BCUT2D eigenvalue weighted by Crippen LogP contribution is 2.19. The van der Waals surface area contributed by atoms with Crippen molar-refractivity contribution in [1.29, 1.82) is 0 Å². The average Bonchev–Trinajstić information content (AvgIpc) is 2.61. The smallest absolute Gasteiger partial charge is 0.143 e. The van der Waals surface area contributed by atoms with Crippen molar-refractivity contribution >= 4 is 10.9 Å². The lowest BCUT2D eigenvalue weighted by molar-refractivity contribution is 0.790. The van der Waals surface area contributed by atoms with E-state index in [9.17, 15) is 0 Å². The maximum atomic E-state index is 4.34. The van der Waals surface area contributed by atoms with E-state index in [1.165, 1.54) is 0 Å². The van der Waals surface area contributed by atoms with Gasteiger partial charge in [0.2, 0.25) is 0 Å². The molecule has 0 radical (unpaired) electrons. The highest BCUT2D eigenvalue weighted by molar-refractivity contribution is 5.86. The standard InChI is InChI=1S/C11H11N3.C2H6/c1-4-5-9-11-8(2)6-12-7-10(11)14(3)13-9;1-2/h6-7H,1-3H3;1-2H3. The van der Waals surface area contributed by atoms with Crippen LogP contribution in [-0.2, 0) is 7.05 Å². The molecule has 0 unspecified atom stereocenters. The third kappa shape index (κ3) is 2.06. The second-order valence-electron chi connectivity index (χ2n) is 3.20. The molecule has 0 fully saturated rings. The van der Waals surface area contributed by atoms with Crippen LogP contribution >= 0.6 is 0 Å². The van der Waals surface area contributed by atoms with Crippen molar-refractivity contribution in [3.05, 3.63) is 23.7 Å². The lowest BCUT2D eigenvalue weighted by atomic mass is 10.1. The van der Waals surface area contributed by atoms with Gasteiger partial charge in [0.15, 0.2) is 0 Å². The molecule has 2 rings (SSSR count). The molecule has 2 aromatic heterocycles. The van der Waals surface area contributed by atoms with E-state index in [0.29, 0.717) is 0 Å². The number of hydrogen-bond acceptors (Lipinski definition) is 2. The Morgan fingerprint density at radius 2 is 1.94 bits per heavy atom. The summed E-state index contributed by atoms with van der Waals surface area (Å²) in [5.41, 5.74) is 2.99. The van der Waals surface area contributed by atoms with Gasteiger partial charge in [0.05, 0.1) is 11.7 Å². The van der Waals surface area contributed by atoms with Gasteiger partial charge in [-0.15, -0.1) is 0 Å². The first kappa shape index (κ1) is 12.3. The van der Waals surface area contributed by atoms with Crippen molar-refractivity contribution in [3.63, 3.8) is 0 Å². The minimum atomic E-state index is 0.838. The van der Waals surface area contributed by atoms with Gasteiger partial charge in [0.1, 0.15) is 5.69 Å². The molecule has 0 spiro atoms. The Balaban J connectivity index is 0.000000606. The Labute approximate surface area is 96.5 Å². The number of nitrogens with zero attached hydrogens (tertiary/aromatic N) is 3. The van der Waals surface area contributed by atoms with E-state index < -0.39 is 0 Å². The van der Waals surface area contributed by atoms with E-state index in [1.807, 2.05) is 51.8 Å². The minimum Gasteiger partial charge on any atom is -0.265 e. The van der Waals surface area contributed by atoms with Gasteiger partial charge in [-0.3, -0.25) is 9.67 Å². The molecule has 0 saturated carbocycles. The van der Waals surface area contributed by atoms with Crippen molar-refractivity contribution in [2.45, 2.75) is 27.7 Å². The molecular weight excluding hydrogens is 198 g/mol. The van der Waals surface area contributed by atoms with Gasteiger partial charge in [0.25, 0.3) is 0 Å². The summed E-state index contributed by atoms with van der Waals surface area (Å²) >= 11 is 0. The third-order valence-corrected chi connectivity index (χ3v) is 2.19. The lowest BCUT2D eigenvalue weighted by Crippen LogP contribution is -1.89. The minimum absolute atomic E-state index is 0.838. The lowest BCUT2D eigenvalue weighted by Gasteiger charge is -1.94. The Kier molecular flexibility index (Phi) is 4.07. The van der Waals surface area contributed by atoms with Crippen LogP contribution in [0.5, 0.6) is 0 Å². The van der Waals surface area contributed by atoms with Gasteiger partial charge in [-0.05, 0) is 25.3 Å². The number of aromatic nitrogens is 3. The van der Waals surface area contributed by atoms with Crippen LogP contribution < -0.4 is 0 Å². The van der Waals surface area contributed by atoms with Crippen molar-refractivity contribution in [3.8, 4) is 11.8 Å². The molecule has 3 heteroatoms. The highest BCUT2D eigenvalue weighted by Gasteiger charge is 2.08. The number of aryl methyl sites for hydroxylation is 2. The Morgan fingerprint density at radius 3 is 2.56 bits per heavy atom. The number of hydrogen-bond donors (Lipinski definition) is 0. The van der Waals surface area contributed by atoms with Crippen molar-refractivity contribution < 1.29 is 0 Å². The van der Waals surface area contributed by atoms with Crippen LogP contribution in [0.15, 0.2) is 12.4 Å². The van der Waals surface area contributed by atoms with Crippen LogP contribution in [0, 0.1) is 18.8 Å². The first-order valence-corrected chi connectivity index (χ1v) is 5.44. The second kappa shape index (κ2) is 5.32. The van der Waals surface area contributed by atoms with E-state index >= 15 is 0 Å². The van der Waals surface area contributed by atoms with Crippen LogP contribution in [0.25, 0.3) is 10.9 Å². The van der Waals surface area contributed by atoms with Gasteiger partial charge in [-0.25, -0.2) is 0 Å². The largest absolute Gasteiger partial charge is 0.265 e. The molecule has 16 heavy (non-hydrogen) atoms. The molecule has 0 aliphatic rings. The molecule has 0 aliphatic heterocycles. The maximum Gasteiger partial charge on any atom is 0.143 e. The summed E-state index contributed by atoms with van der Waals surface area (Å²) < 4.78 is 1.81. The first-order valence-electron chi connectivity index (χ1n) is 5.44. The van der Waals surface area contributed by atoms with Crippen molar-refractivity contribution in [2.75, 3.05) is 0 Å². The molecule has 0 aromatic carbocycles. The number of rotatable bonds is 0. The quantitative estimate of drug-likeness (QED) is 0.632. The third-order valence-electron chi connectivity index (χ3n) is 2.19. The van der Waals surface area contributed by atoms with E-state index in [0.717, 1.165) is 22.2 Å². The molecule has 0 amide bonds. The summed E-state index contributed by atoms with van der Waals surface area (Å²) in [6.45, 7) is 7.84. The SMILES string of the molecule is CC.CC#Cc1nn(C)c2cncc(C)c12. The maximum absolute atomic E-state index is 4.34. The van der Waals surface area contributed by atoms with Crippen LogP contribution in [0.1, 0.15) is 32.0 Å².